The summed E-state index contributed by atoms with van der Waals surface area (Å²) in [7, 11) is -3.54. The van der Waals surface area contributed by atoms with Gasteiger partial charge in [0.25, 0.3) is 0 Å². The standard InChI is InChI=1S/C14H13N3O2S/c15-10-12-3-5-14(6-4-12)20(18,19)17-9-7-13-2-1-8-16-11-13/h1-6,8,11,17H,7,9H2. The molecule has 5 nitrogen and oxygen atoms in total. The van der Waals surface area contributed by atoms with Crippen LogP contribution in [-0.4, -0.2) is 19.9 Å². The zero-order chi connectivity index (χ0) is 14.4. The van der Waals surface area contributed by atoms with Gasteiger partial charge < -0.3 is 0 Å². The van der Waals surface area contributed by atoms with Crippen molar-refractivity contribution in [1.82, 2.24) is 9.71 Å². The van der Waals surface area contributed by atoms with Crippen LogP contribution < -0.4 is 4.72 Å². The second kappa shape index (κ2) is 6.28. The predicted octanol–water partition coefficient (Wildman–Crippen LogP) is 1.47. The first kappa shape index (κ1) is 14.2. The largest absolute Gasteiger partial charge is 0.264 e. The van der Waals surface area contributed by atoms with Gasteiger partial charge in [-0.2, -0.15) is 5.26 Å². The van der Waals surface area contributed by atoms with Crippen LogP contribution in [0.15, 0.2) is 53.7 Å². The summed E-state index contributed by atoms with van der Waals surface area (Å²) in [5.74, 6) is 0. The third-order valence-corrected chi connectivity index (χ3v) is 4.20. The first-order valence-electron chi connectivity index (χ1n) is 6.00. The van der Waals surface area contributed by atoms with Crippen LogP contribution in [0.1, 0.15) is 11.1 Å². The number of nitriles is 1. The highest BCUT2D eigenvalue weighted by molar-refractivity contribution is 7.89. The molecule has 1 aromatic carbocycles. The lowest BCUT2D eigenvalue weighted by Gasteiger charge is -2.06. The van der Waals surface area contributed by atoms with Crippen molar-refractivity contribution in [1.29, 1.82) is 5.26 Å². The van der Waals surface area contributed by atoms with Crippen molar-refractivity contribution in [2.45, 2.75) is 11.3 Å². The van der Waals surface area contributed by atoms with Gasteiger partial charge in [0.1, 0.15) is 0 Å². The molecule has 0 aliphatic carbocycles. The first-order valence-corrected chi connectivity index (χ1v) is 7.49. The third kappa shape index (κ3) is 3.63. The van der Waals surface area contributed by atoms with Gasteiger partial charge in [0, 0.05) is 18.9 Å². The Morgan fingerprint density at radius 2 is 1.95 bits per heavy atom. The maximum absolute atomic E-state index is 12.0. The lowest BCUT2D eigenvalue weighted by Crippen LogP contribution is -2.26. The van der Waals surface area contributed by atoms with E-state index in [2.05, 4.69) is 9.71 Å². The Morgan fingerprint density at radius 3 is 2.55 bits per heavy atom. The quantitative estimate of drug-likeness (QED) is 0.902. The molecule has 0 saturated carbocycles. The molecule has 1 heterocycles. The fourth-order valence-corrected chi connectivity index (χ4v) is 2.70. The number of nitrogens with one attached hydrogen (secondary N) is 1. The van der Waals surface area contributed by atoms with Crippen LogP contribution in [0.3, 0.4) is 0 Å². The molecule has 2 aromatic rings. The van der Waals surface area contributed by atoms with Gasteiger partial charge in [-0.1, -0.05) is 6.07 Å². The van der Waals surface area contributed by atoms with Gasteiger partial charge in [0.15, 0.2) is 0 Å². The molecule has 0 amide bonds. The van der Waals surface area contributed by atoms with Crippen molar-refractivity contribution in [2.75, 3.05) is 6.54 Å². The Bertz CT molecular complexity index is 704. The van der Waals surface area contributed by atoms with Crippen LogP contribution in [0.5, 0.6) is 0 Å². The molecule has 20 heavy (non-hydrogen) atoms. The van der Waals surface area contributed by atoms with Crippen LogP contribution in [0.2, 0.25) is 0 Å². The lowest BCUT2D eigenvalue weighted by molar-refractivity contribution is 0.581. The Balaban J connectivity index is 1.99. The Hall–Kier alpha value is -2.23. The van der Waals surface area contributed by atoms with Crippen molar-refractivity contribution in [3.8, 4) is 6.07 Å². The normalized spacial score (nSPS) is 10.9. The number of hydrogen-bond donors (Lipinski definition) is 1. The molecule has 102 valence electrons. The molecule has 0 bridgehead atoms. The number of sulfonamides is 1. The van der Waals surface area contributed by atoms with Crippen molar-refractivity contribution in [3.63, 3.8) is 0 Å². The number of nitrogens with zero attached hydrogens (tertiary/aromatic N) is 2. The topological polar surface area (TPSA) is 82.8 Å². The molecule has 0 fully saturated rings. The molecule has 2 rings (SSSR count). The molecule has 6 heteroatoms. The van der Waals surface area contributed by atoms with Crippen LogP contribution in [-0.2, 0) is 16.4 Å². The first-order chi connectivity index (χ1) is 9.62. The minimum atomic E-state index is -3.54. The summed E-state index contributed by atoms with van der Waals surface area (Å²) >= 11 is 0. The third-order valence-electron chi connectivity index (χ3n) is 2.72. The summed E-state index contributed by atoms with van der Waals surface area (Å²) in [5, 5.41) is 8.68. The average Bonchev–Trinajstić information content (AvgIpc) is 2.48. The van der Waals surface area contributed by atoms with E-state index in [0.717, 1.165) is 5.56 Å². The number of rotatable bonds is 5. The van der Waals surface area contributed by atoms with Crippen molar-refractivity contribution in [2.24, 2.45) is 0 Å². The number of hydrogen-bond acceptors (Lipinski definition) is 4. The summed E-state index contributed by atoms with van der Waals surface area (Å²) in [5.41, 5.74) is 1.40. The molecular formula is C14H13N3O2S. The maximum atomic E-state index is 12.0. The minimum absolute atomic E-state index is 0.155. The average molecular weight is 287 g/mol. The maximum Gasteiger partial charge on any atom is 0.240 e. The monoisotopic (exact) mass is 287 g/mol. The second-order valence-electron chi connectivity index (χ2n) is 4.15. The predicted molar refractivity (Wildman–Crippen MR) is 74.3 cm³/mol. The smallest absolute Gasteiger partial charge is 0.240 e. The van der Waals surface area contributed by atoms with Gasteiger partial charge >= 0.3 is 0 Å². The summed E-state index contributed by atoms with van der Waals surface area (Å²) in [6, 6.07) is 11.5. The van der Waals surface area contributed by atoms with E-state index in [9.17, 15) is 8.42 Å². The molecule has 0 atom stereocenters. The molecule has 0 unspecified atom stereocenters. The molecule has 0 spiro atoms. The van der Waals surface area contributed by atoms with Gasteiger partial charge in [-0.15, -0.1) is 0 Å². The Kier molecular flexibility index (Phi) is 4.45. The van der Waals surface area contributed by atoms with E-state index in [1.807, 2.05) is 18.2 Å². The molecule has 0 radical (unpaired) electrons. The summed E-state index contributed by atoms with van der Waals surface area (Å²) in [6.45, 7) is 0.300. The summed E-state index contributed by atoms with van der Waals surface area (Å²) in [6.07, 6.45) is 3.95. The van der Waals surface area contributed by atoms with E-state index in [0.29, 0.717) is 18.5 Å². The van der Waals surface area contributed by atoms with E-state index >= 15 is 0 Å². The van der Waals surface area contributed by atoms with E-state index in [-0.39, 0.29) is 4.90 Å². The van der Waals surface area contributed by atoms with Crippen molar-refractivity contribution in [3.05, 3.63) is 59.9 Å². The van der Waals surface area contributed by atoms with Crippen molar-refractivity contribution >= 4 is 10.0 Å². The second-order valence-corrected chi connectivity index (χ2v) is 5.91. The zero-order valence-electron chi connectivity index (χ0n) is 10.7. The van der Waals surface area contributed by atoms with Gasteiger partial charge in [-0.05, 0) is 42.3 Å². The van der Waals surface area contributed by atoms with Gasteiger partial charge in [-0.3, -0.25) is 4.98 Å². The molecule has 1 N–H and O–H groups in total. The number of pyridine rings is 1. The number of aromatic nitrogens is 1. The molecule has 0 aliphatic rings. The fraction of sp³-hybridized carbons (Fsp3) is 0.143. The van der Waals surface area contributed by atoms with Crippen LogP contribution >= 0.6 is 0 Å². The lowest BCUT2D eigenvalue weighted by atomic mass is 10.2. The van der Waals surface area contributed by atoms with Crippen LogP contribution in [0, 0.1) is 11.3 Å². The Morgan fingerprint density at radius 1 is 1.20 bits per heavy atom. The van der Waals surface area contributed by atoms with E-state index in [1.54, 1.807) is 12.4 Å². The minimum Gasteiger partial charge on any atom is -0.264 e. The van der Waals surface area contributed by atoms with Gasteiger partial charge in [-0.25, -0.2) is 13.1 Å². The highest BCUT2D eigenvalue weighted by Crippen LogP contribution is 2.10. The van der Waals surface area contributed by atoms with Crippen LogP contribution in [0.25, 0.3) is 0 Å². The van der Waals surface area contributed by atoms with Crippen molar-refractivity contribution < 1.29 is 8.42 Å². The van der Waals surface area contributed by atoms with Gasteiger partial charge in [0.05, 0.1) is 16.5 Å². The van der Waals surface area contributed by atoms with Crippen LogP contribution in [0.4, 0.5) is 0 Å². The summed E-state index contributed by atoms with van der Waals surface area (Å²) in [4.78, 5) is 4.12. The van der Waals surface area contributed by atoms with E-state index in [1.165, 1.54) is 24.3 Å². The van der Waals surface area contributed by atoms with E-state index in [4.69, 9.17) is 5.26 Å². The highest BCUT2D eigenvalue weighted by atomic mass is 32.2. The molecule has 0 saturated heterocycles. The fourth-order valence-electron chi connectivity index (χ4n) is 1.67. The number of benzene rings is 1. The highest BCUT2D eigenvalue weighted by Gasteiger charge is 2.12. The van der Waals surface area contributed by atoms with E-state index < -0.39 is 10.0 Å². The van der Waals surface area contributed by atoms with Gasteiger partial charge in [0.2, 0.25) is 10.0 Å². The SMILES string of the molecule is N#Cc1ccc(S(=O)(=O)NCCc2cccnc2)cc1. The molecular weight excluding hydrogens is 274 g/mol. The zero-order valence-corrected chi connectivity index (χ0v) is 11.5. The Labute approximate surface area is 118 Å². The summed E-state index contributed by atoms with van der Waals surface area (Å²) < 4.78 is 26.5. The molecule has 1 aromatic heterocycles. The molecule has 0 aliphatic heterocycles.